The molecule has 0 saturated carbocycles. The number of benzene rings is 3. The Morgan fingerprint density at radius 1 is 1.11 bits per heavy atom. The number of H-pyrrole nitrogens is 1. The third-order valence-electron chi connectivity index (χ3n) is 6.67. The standard InChI is InChI=1S/C28H22ClN3O6/c1-38-21-10-11-23-22(14-21)18(15-30-23)12-13-31-25(16-4-8-20(9-5-16)32(36)37)24(27(34)28(31)35)26(33)17-2-6-19(29)7-3-17/h2-11,14-15,25,30,33H,12-13H2,1H3/b26-24-. The fourth-order valence-corrected chi connectivity index (χ4v) is 4.86. The summed E-state index contributed by atoms with van der Waals surface area (Å²) < 4.78 is 5.33. The van der Waals surface area contributed by atoms with Crippen molar-refractivity contribution in [1.29, 1.82) is 0 Å². The minimum Gasteiger partial charge on any atom is -0.507 e. The summed E-state index contributed by atoms with van der Waals surface area (Å²) in [5, 5.41) is 23.7. The lowest BCUT2D eigenvalue weighted by Gasteiger charge is -2.25. The van der Waals surface area contributed by atoms with E-state index in [1.807, 2.05) is 24.4 Å². The van der Waals surface area contributed by atoms with E-state index in [2.05, 4.69) is 4.98 Å². The number of carbonyl (C=O) groups is 2. The SMILES string of the molecule is COc1ccc2[nH]cc(CCN3C(=O)C(=O)/C(=C(\O)c4ccc(Cl)cc4)C3c3ccc([N+](=O)[O-])cc3)c2c1. The van der Waals surface area contributed by atoms with E-state index < -0.39 is 22.7 Å². The molecule has 9 nitrogen and oxygen atoms in total. The molecule has 1 fully saturated rings. The summed E-state index contributed by atoms with van der Waals surface area (Å²) in [5.74, 6) is -1.25. The topological polar surface area (TPSA) is 126 Å². The molecule has 0 aliphatic carbocycles. The molecule has 2 N–H and O–H groups in total. The molecule has 0 spiro atoms. The summed E-state index contributed by atoms with van der Waals surface area (Å²) in [6.07, 6.45) is 2.25. The van der Waals surface area contributed by atoms with Crippen LogP contribution in [0.3, 0.4) is 0 Å². The maximum Gasteiger partial charge on any atom is 0.295 e. The molecule has 1 aliphatic rings. The number of aliphatic hydroxyl groups is 1. The molecular weight excluding hydrogens is 510 g/mol. The van der Waals surface area contributed by atoms with E-state index in [-0.39, 0.29) is 23.6 Å². The largest absolute Gasteiger partial charge is 0.507 e. The van der Waals surface area contributed by atoms with Gasteiger partial charge in [-0.05, 0) is 72.1 Å². The highest BCUT2D eigenvalue weighted by Gasteiger charge is 2.46. The van der Waals surface area contributed by atoms with E-state index in [0.29, 0.717) is 28.3 Å². The van der Waals surface area contributed by atoms with Crippen LogP contribution in [0.4, 0.5) is 5.69 Å². The first-order valence-electron chi connectivity index (χ1n) is 11.7. The zero-order chi connectivity index (χ0) is 27.0. The molecule has 1 aromatic heterocycles. The number of methoxy groups -OCH3 is 1. The first-order valence-corrected chi connectivity index (χ1v) is 12.1. The fraction of sp³-hybridized carbons (Fsp3) is 0.143. The average Bonchev–Trinajstić information content (AvgIpc) is 3.44. The Hall–Kier alpha value is -4.63. The third kappa shape index (κ3) is 4.48. The lowest BCUT2D eigenvalue weighted by Crippen LogP contribution is -2.31. The number of aromatic amines is 1. The van der Waals surface area contributed by atoms with Crippen molar-refractivity contribution in [2.45, 2.75) is 12.5 Å². The number of carbonyl (C=O) groups excluding carboxylic acids is 2. The second-order valence-electron chi connectivity index (χ2n) is 8.82. The van der Waals surface area contributed by atoms with Crippen LogP contribution in [-0.4, -0.2) is 45.3 Å². The second kappa shape index (κ2) is 10.0. The molecule has 10 heteroatoms. The minimum absolute atomic E-state index is 0.0910. The average molecular weight is 532 g/mol. The second-order valence-corrected chi connectivity index (χ2v) is 9.26. The molecule has 1 atom stereocenters. The van der Waals surface area contributed by atoms with Crippen LogP contribution in [0.5, 0.6) is 5.75 Å². The molecule has 5 rings (SSSR count). The van der Waals surface area contributed by atoms with E-state index in [0.717, 1.165) is 16.5 Å². The maximum atomic E-state index is 13.3. The molecular formula is C28H22ClN3O6. The van der Waals surface area contributed by atoms with E-state index in [1.165, 1.54) is 29.2 Å². The number of nitro groups is 1. The lowest BCUT2D eigenvalue weighted by atomic mass is 9.95. The first-order chi connectivity index (χ1) is 18.3. The van der Waals surface area contributed by atoms with Gasteiger partial charge in [-0.2, -0.15) is 0 Å². The summed E-state index contributed by atoms with van der Waals surface area (Å²) in [6.45, 7) is 0.161. The number of halogens is 1. The molecule has 1 amide bonds. The summed E-state index contributed by atoms with van der Waals surface area (Å²) in [5.41, 5.74) is 2.38. The molecule has 38 heavy (non-hydrogen) atoms. The summed E-state index contributed by atoms with van der Waals surface area (Å²) >= 11 is 5.97. The van der Waals surface area contributed by atoms with Crippen molar-refractivity contribution in [2.75, 3.05) is 13.7 Å². The number of aromatic nitrogens is 1. The van der Waals surface area contributed by atoms with Gasteiger partial charge in [0, 0.05) is 46.4 Å². The zero-order valence-corrected chi connectivity index (χ0v) is 20.9. The Labute approximate surface area is 222 Å². The van der Waals surface area contributed by atoms with Gasteiger partial charge in [0.2, 0.25) is 0 Å². The number of rotatable bonds is 7. The molecule has 192 valence electrons. The summed E-state index contributed by atoms with van der Waals surface area (Å²) in [4.78, 5) is 41.8. The number of aliphatic hydroxyl groups excluding tert-OH is 1. The van der Waals surface area contributed by atoms with Gasteiger partial charge in [0.15, 0.2) is 0 Å². The molecule has 0 bridgehead atoms. The predicted molar refractivity (Wildman–Crippen MR) is 142 cm³/mol. The van der Waals surface area contributed by atoms with Crippen LogP contribution in [0.15, 0.2) is 78.5 Å². The van der Waals surface area contributed by atoms with Crippen LogP contribution >= 0.6 is 11.6 Å². The number of Topliss-reactive ketones (excluding diaryl/α,β-unsaturated/α-hetero) is 1. The summed E-state index contributed by atoms with van der Waals surface area (Å²) in [6, 6.07) is 16.5. The van der Waals surface area contributed by atoms with E-state index in [4.69, 9.17) is 16.3 Å². The number of ketones is 1. The number of likely N-dealkylation sites (tertiary alicyclic amines) is 1. The zero-order valence-electron chi connectivity index (χ0n) is 20.2. The Balaban J connectivity index is 1.56. The number of nitro benzene ring substituents is 1. The van der Waals surface area contributed by atoms with Crippen molar-refractivity contribution < 1.29 is 24.4 Å². The lowest BCUT2D eigenvalue weighted by molar-refractivity contribution is -0.384. The smallest absolute Gasteiger partial charge is 0.295 e. The number of ether oxygens (including phenoxy) is 1. The molecule has 3 aromatic carbocycles. The van der Waals surface area contributed by atoms with Gasteiger partial charge in [-0.3, -0.25) is 19.7 Å². The number of amides is 1. The number of non-ortho nitro benzene ring substituents is 1. The minimum atomic E-state index is -0.939. The highest BCUT2D eigenvalue weighted by atomic mass is 35.5. The molecule has 0 radical (unpaired) electrons. The van der Waals surface area contributed by atoms with Crippen LogP contribution in [0.25, 0.3) is 16.7 Å². The number of nitrogens with zero attached hydrogens (tertiary/aromatic N) is 2. The molecule has 1 aliphatic heterocycles. The van der Waals surface area contributed by atoms with Crippen molar-refractivity contribution in [3.05, 3.63) is 110 Å². The normalized spacial score (nSPS) is 16.8. The van der Waals surface area contributed by atoms with Gasteiger partial charge in [-0.1, -0.05) is 11.6 Å². The molecule has 1 saturated heterocycles. The predicted octanol–water partition coefficient (Wildman–Crippen LogP) is 5.40. The van der Waals surface area contributed by atoms with Gasteiger partial charge in [0.05, 0.1) is 23.6 Å². The van der Waals surface area contributed by atoms with Gasteiger partial charge in [0.25, 0.3) is 17.4 Å². The van der Waals surface area contributed by atoms with Crippen molar-refractivity contribution >= 4 is 45.6 Å². The summed E-state index contributed by atoms with van der Waals surface area (Å²) in [7, 11) is 1.58. The van der Waals surface area contributed by atoms with Crippen LogP contribution < -0.4 is 4.74 Å². The highest BCUT2D eigenvalue weighted by molar-refractivity contribution is 6.46. The Morgan fingerprint density at radius 3 is 2.47 bits per heavy atom. The molecule has 4 aromatic rings. The van der Waals surface area contributed by atoms with Crippen molar-refractivity contribution in [2.24, 2.45) is 0 Å². The Bertz CT molecular complexity index is 1590. The van der Waals surface area contributed by atoms with Crippen molar-refractivity contribution in [3.63, 3.8) is 0 Å². The highest BCUT2D eigenvalue weighted by Crippen LogP contribution is 2.40. The van der Waals surface area contributed by atoms with Crippen LogP contribution in [0.2, 0.25) is 5.02 Å². The van der Waals surface area contributed by atoms with Gasteiger partial charge in [-0.15, -0.1) is 0 Å². The number of hydrogen-bond acceptors (Lipinski definition) is 6. The van der Waals surface area contributed by atoms with E-state index in [1.54, 1.807) is 31.4 Å². The van der Waals surface area contributed by atoms with Crippen LogP contribution in [0.1, 0.15) is 22.7 Å². The number of hydrogen-bond donors (Lipinski definition) is 2. The molecule has 1 unspecified atom stereocenters. The van der Waals surface area contributed by atoms with Gasteiger partial charge in [-0.25, -0.2) is 0 Å². The Kier molecular flexibility index (Phi) is 6.61. The van der Waals surface area contributed by atoms with Crippen molar-refractivity contribution in [3.8, 4) is 5.75 Å². The maximum absolute atomic E-state index is 13.3. The van der Waals surface area contributed by atoms with Gasteiger partial charge < -0.3 is 19.7 Å². The van der Waals surface area contributed by atoms with Gasteiger partial charge >= 0.3 is 0 Å². The monoisotopic (exact) mass is 531 g/mol. The third-order valence-corrected chi connectivity index (χ3v) is 6.93. The van der Waals surface area contributed by atoms with Crippen molar-refractivity contribution in [1.82, 2.24) is 9.88 Å². The van der Waals surface area contributed by atoms with E-state index in [9.17, 15) is 24.8 Å². The molecule has 2 heterocycles. The number of nitrogens with one attached hydrogen (secondary N) is 1. The number of fused-ring (bicyclic) bond motifs is 1. The van der Waals surface area contributed by atoms with Crippen LogP contribution in [0, 0.1) is 10.1 Å². The fourth-order valence-electron chi connectivity index (χ4n) is 4.73. The van der Waals surface area contributed by atoms with E-state index >= 15 is 0 Å². The quantitative estimate of drug-likeness (QED) is 0.108. The first kappa shape index (κ1) is 25.0. The Morgan fingerprint density at radius 2 is 1.82 bits per heavy atom. The van der Waals surface area contributed by atoms with Crippen LogP contribution in [-0.2, 0) is 16.0 Å². The van der Waals surface area contributed by atoms with Gasteiger partial charge in [0.1, 0.15) is 11.5 Å².